The van der Waals surface area contributed by atoms with Crippen LogP contribution in [0, 0.1) is 0 Å². The number of hydrogen-bond acceptors (Lipinski definition) is 3. The molecule has 0 bridgehead atoms. The highest BCUT2D eigenvalue weighted by Gasteiger charge is 2.19. The Balaban J connectivity index is 2.29. The molecule has 2 N–H and O–H groups in total. The average Bonchev–Trinajstić information content (AvgIpc) is 2.50. The van der Waals surface area contributed by atoms with Gasteiger partial charge in [-0.05, 0) is 57.6 Å². The van der Waals surface area contributed by atoms with Crippen LogP contribution in [0.3, 0.4) is 0 Å². The van der Waals surface area contributed by atoms with Gasteiger partial charge in [-0.2, -0.15) is 0 Å². The molecule has 118 valence electrons. The number of hydrogen-bond donors (Lipinski definition) is 1. The molecule has 1 heterocycles. The fraction of sp³-hybridized carbons (Fsp3) is 0.722. The predicted molar refractivity (Wildman–Crippen MR) is 90.8 cm³/mol. The highest BCUT2D eigenvalue weighted by molar-refractivity contribution is 5.51. The first-order valence-corrected chi connectivity index (χ1v) is 8.65. The van der Waals surface area contributed by atoms with Gasteiger partial charge in [-0.25, -0.2) is 4.98 Å². The van der Waals surface area contributed by atoms with E-state index in [9.17, 15) is 0 Å². The summed E-state index contributed by atoms with van der Waals surface area (Å²) in [7, 11) is 0. The average molecular weight is 289 g/mol. The van der Waals surface area contributed by atoms with E-state index in [0.717, 1.165) is 18.8 Å². The van der Waals surface area contributed by atoms with Gasteiger partial charge >= 0.3 is 0 Å². The van der Waals surface area contributed by atoms with E-state index in [1.165, 1.54) is 55.3 Å². The number of aromatic nitrogens is 1. The number of aryl methyl sites for hydroxylation is 2. The Kier molecular flexibility index (Phi) is 6.04. The second kappa shape index (κ2) is 7.79. The molecule has 0 atom stereocenters. The number of anilines is 1. The van der Waals surface area contributed by atoms with E-state index in [-0.39, 0.29) is 0 Å². The quantitative estimate of drug-likeness (QED) is 0.776. The zero-order chi connectivity index (χ0) is 15.2. The first kappa shape index (κ1) is 16.3. The minimum Gasteiger partial charge on any atom is -0.354 e. The minimum absolute atomic E-state index is 0.473. The second-order valence-electron chi connectivity index (χ2n) is 6.48. The number of nitrogens with two attached hydrogens (primary N) is 1. The Morgan fingerprint density at radius 1 is 1.24 bits per heavy atom. The lowest BCUT2D eigenvalue weighted by molar-refractivity contribution is 0.609. The molecule has 0 fully saturated rings. The van der Waals surface area contributed by atoms with Gasteiger partial charge in [0.2, 0.25) is 0 Å². The molecule has 3 heteroatoms. The first-order valence-electron chi connectivity index (χ1n) is 8.65. The van der Waals surface area contributed by atoms with Gasteiger partial charge in [0.15, 0.2) is 0 Å². The predicted octanol–water partition coefficient (Wildman–Crippen LogP) is 3.82. The molecule has 1 aliphatic rings. The summed E-state index contributed by atoms with van der Waals surface area (Å²) in [5.74, 6) is 1.14. The summed E-state index contributed by atoms with van der Waals surface area (Å²) in [4.78, 5) is 7.48. The van der Waals surface area contributed by atoms with Gasteiger partial charge in [0.1, 0.15) is 5.82 Å². The van der Waals surface area contributed by atoms with Gasteiger partial charge in [-0.1, -0.05) is 19.8 Å². The van der Waals surface area contributed by atoms with Crippen LogP contribution in [0.15, 0.2) is 6.07 Å². The molecule has 3 nitrogen and oxygen atoms in total. The monoisotopic (exact) mass is 289 g/mol. The van der Waals surface area contributed by atoms with Crippen molar-refractivity contribution in [2.45, 2.75) is 78.3 Å². The summed E-state index contributed by atoms with van der Waals surface area (Å²) >= 11 is 0. The van der Waals surface area contributed by atoms with Crippen LogP contribution in [0.2, 0.25) is 0 Å². The van der Waals surface area contributed by atoms with Crippen molar-refractivity contribution >= 4 is 5.82 Å². The Hall–Kier alpha value is -1.09. The second-order valence-corrected chi connectivity index (χ2v) is 6.48. The van der Waals surface area contributed by atoms with Crippen LogP contribution in [0.5, 0.6) is 0 Å². The molecular formula is C18H31N3. The molecule has 21 heavy (non-hydrogen) atoms. The first-order chi connectivity index (χ1) is 10.2. The fourth-order valence-electron chi connectivity index (χ4n) is 3.21. The molecule has 0 amide bonds. The maximum Gasteiger partial charge on any atom is 0.133 e. The highest BCUT2D eigenvalue weighted by Crippen LogP contribution is 2.28. The Morgan fingerprint density at radius 2 is 2.00 bits per heavy atom. The third-order valence-electron chi connectivity index (χ3n) is 4.47. The normalized spacial score (nSPS) is 14.3. The topological polar surface area (TPSA) is 42.2 Å². The number of pyridine rings is 1. The van der Waals surface area contributed by atoms with E-state index in [1.54, 1.807) is 0 Å². The maximum atomic E-state index is 6.01. The van der Waals surface area contributed by atoms with E-state index in [4.69, 9.17) is 10.7 Å². The maximum absolute atomic E-state index is 6.01. The SMILES string of the molecule is CCCCCN(c1nc2c(cc1CN)CCCC2)C(C)C. The summed E-state index contributed by atoms with van der Waals surface area (Å²) in [5.41, 5.74) is 9.98. The van der Waals surface area contributed by atoms with Crippen LogP contribution < -0.4 is 10.6 Å². The number of fused-ring (bicyclic) bond motifs is 1. The molecule has 1 aromatic rings. The molecule has 1 aliphatic carbocycles. The van der Waals surface area contributed by atoms with Crippen LogP contribution in [0.25, 0.3) is 0 Å². The van der Waals surface area contributed by atoms with Gasteiger partial charge in [-0.15, -0.1) is 0 Å². The van der Waals surface area contributed by atoms with Crippen LogP contribution in [0.4, 0.5) is 5.82 Å². The minimum atomic E-state index is 0.473. The number of rotatable bonds is 7. The van der Waals surface area contributed by atoms with E-state index >= 15 is 0 Å². The lowest BCUT2D eigenvalue weighted by Gasteiger charge is -2.31. The van der Waals surface area contributed by atoms with Crippen LogP contribution >= 0.6 is 0 Å². The van der Waals surface area contributed by atoms with Crippen molar-refractivity contribution < 1.29 is 0 Å². The fourth-order valence-corrected chi connectivity index (χ4v) is 3.21. The summed E-state index contributed by atoms with van der Waals surface area (Å²) in [5, 5.41) is 0. The van der Waals surface area contributed by atoms with E-state index in [2.05, 4.69) is 31.7 Å². The lowest BCUT2D eigenvalue weighted by atomic mass is 9.94. The summed E-state index contributed by atoms with van der Waals surface area (Å²) in [6.45, 7) is 8.44. The third kappa shape index (κ3) is 3.97. The number of nitrogens with zero attached hydrogens (tertiary/aromatic N) is 2. The van der Waals surface area contributed by atoms with E-state index < -0.39 is 0 Å². The van der Waals surface area contributed by atoms with Crippen molar-refractivity contribution in [3.8, 4) is 0 Å². The molecular weight excluding hydrogens is 258 g/mol. The largest absolute Gasteiger partial charge is 0.354 e. The van der Waals surface area contributed by atoms with Crippen molar-refractivity contribution in [3.05, 3.63) is 22.9 Å². The van der Waals surface area contributed by atoms with Crippen molar-refractivity contribution in [2.24, 2.45) is 5.73 Å². The zero-order valence-electron chi connectivity index (χ0n) is 14.0. The molecule has 1 aromatic heterocycles. The molecule has 0 aromatic carbocycles. The lowest BCUT2D eigenvalue weighted by Crippen LogP contribution is -2.34. The Morgan fingerprint density at radius 3 is 2.67 bits per heavy atom. The third-order valence-corrected chi connectivity index (χ3v) is 4.47. The number of unbranched alkanes of at least 4 members (excludes halogenated alkanes) is 2. The Labute approximate surface area is 129 Å². The van der Waals surface area contributed by atoms with Gasteiger partial charge in [0.05, 0.1) is 0 Å². The van der Waals surface area contributed by atoms with Crippen LogP contribution in [-0.4, -0.2) is 17.6 Å². The molecule has 0 unspecified atom stereocenters. The standard InChI is InChI=1S/C18H31N3/c1-4-5-8-11-21(14(2)3)18-16(13-19)12-15-9-6-7-10-17(15)20-18/h12,14H,4-11,13,19H2,1-3H3. The summed E-state index contributed by atoms with van der Waals surface area (Å²) in [6.07, 6.45) is 8.65. The molecule has 0 spiro atoms. The molecule has 0 radical (unpaired) electrons. The van der Waals surface area contributed by atoms with Gasteiger partial charge in [-0.3, -0.25) is 0 Å². The van der Waals surface area contributed by atoms with Crippen molar-refractivity contribution in [1.29, 1.82) is 0 Å². The summed E-state index contributed by atoms with van der Waals surface area (Å²) < 4.78 is 0. The van der Waals surface area contributed by atoms with Crippen molar-refractivity contribution in [2.75, 3.05) is 11.4 Å². The summed E-state index contributed by atoms with van der Waals surface area (Å²) in [6, 6.07) is 2.80. The molecule has 0 aliphatic heterocycles. The van der Waals surface area contributed by atoms with Crippen molar-refractivity contribution in [1.82, 2.24) is 4.98 Å². The smallest absolute Gasteiger partial charge is 0.133 e. The van der Waals surface area contributed by atoms with Gasteiger partial charge in [0.25, 0.3) is 0 Å². The Bertz CT molecular complexity index is 454. The van der Waals surface area contributed by atoms with E-state index in [0.29, 0.717) is 12.6 Å². The van der Waals surface area contributed by atoms with Crippen LogP contribution in [0.1, 0.15) is 69.7 Å². The van der Waals surface area contributed by atoms with Gasteiger partial charge < -0.3 is 10.6 Å². The van der Waals surface area contributed by atoms with Crippen LogP contribution in [-0.2, 0) is 19.4 Å². The molecule has 0 saturated heterocycles. The zero-order valence-corrected chi connectivity index (χ0v) is 14.0. The van der Waals surface area contributed by atoms with E-state index in [1.807, 2.05) is 0 Å². The van der Waals surface area contributed by atoms with Gasteiger partial charge in [0, 0.05) is 30.4 Å². The highest BCUT2D eigenvalue weighted by atomic mass is 15.2. The molecule has 0 saturated carbocycles. The molecule has 2 rings (SSSR count). The van der Waals surface area contributed by atoms with Crippen molar-refractivity contribution in [3.63, 3.8) is 0 Å².